The molecule has 7 aliphatic carbocycles. The van der Waals surface area contributed by atoms with E-state index in [4.69, 9.17) is 0 Å². The number of rotatable bonds is 2. The lowest BCUT2D eigenvalue weighted by Crippen LogP contribution is -2.64. The zero-order valence-electron chi connectivity index (χ0n) is 13.7. The lowest BCUT2D eigenvalue weighted by molar-refractivity contribution is -0.0146. The van der Waals surface area contributed by atoms with Crippen LogP contribution in [0.4, 0.5) is 4.79 Å². The van der Waals surface area contributed by atoms with E-state index in [0.717, 1.165) is 23.7 Å². The Bertz CT molecular complexity index is 429. The molecule has 2 N–H and O–H groups in total. The molecule has 7 saturated carbocycles. The van der Waals surface area contributed by atoms with Gasteiger partial charge in [-0.2, -0.15) is 0 Å². The minimum absolute atomic E-state index is 0.140. The second kappa shape index (κ2) is 4.64. The standard InChI is InChI=1S/C19H30N2O/c22-17(20-18-4-1-13(2-5-18)3-6-18)21-19-10-14-7-15(11-19)9-16(8-14)12-19/h13-16H,1-12H2,(H2,20,21,22). The van der Waals surface area contributed by atoms with Crippen LogP contribution in [0.1, 0.15) is 77.0 Å². The highest BCUT2D eigenvalue weighted by atomic mass is 16.2. The van der Waals surface area contributed by atoms with Crippen molar-refractivity contribution >= 4 is 6.03 Å². The highest BCUT2D eigenvalue weighted by molar-refractivity contribution is 5.76. The summed E-state index contributed by atoms with van der Waals surface area (Å²) in [6, 6.07) is 0.155. The first kappa shape index (κ1) is 13.7. The average Bonchev–Trinajstić information content (AvgIpc) is 2.46. The SMILES string of the molecule is O=C(NC12CCC(CC1)CC2)NC12CC3CC(CC(C3)C1)C2. The van der Waals surface area contributed by atoms with E-state index in [-0.39, 0.29) is 17.1 Å². The molecule has 6 bridgehead atoms. The van der Waals surface area contributed by atoms with Gasteiger partial charge < -0.3 is 10.6 Å². The van der Waals surface area contributed by atoms with Gasteiger partial charge in [0, 0.05) is 11.1 Å². The molecule has 22 heavy (non-hydrogen) atoms. The third-order valence-electron chi connectivity index (χ3n) is 7.89. The van der Waals surface area contributed by atoms with Crippen LogP contribution < -0.4 is 10.6 Å². The van der Waals surface area contributed by atoms with Crippen molar-refractivity contribution in [2.24, 2.45) is 23.7 Å². The summed E-state index contributed by atoms with van der Waals surface area (Å²) in [5.74, 6) is 3.65. The van der Waals surface area contributed by atoms with Gasteiger partial charge in [0.05, 0.1) is 0 Å². The summed E-state index contributed by atoms with van der Waals surface area (Å²) >= 11 is 0. The van der Waals surface area contributed by atoms with Crippen molar-refractivity contribution in [3.8, 4) is 0 Å². The van der Waals surface area contributed by atoms with E-state index in [1.54, 1.807) is 0 Å². The molecular formula is C19H30N2O. The van der Waals surface area contributed by atoms with E-state index in [2.05, 4.69) is 10.6 Å². The number of fused-ring (bicyclic) bond motifs is 3. The summed E-state index contributed by atoms with van der Waals surface area (Å²) < 4.78 is 0. The van der Waals surface area contributed by atoms with E-state index in [0.29, 0.717) is 0 Å². The van der Waals surface area contributed by atoms with Crippen molar-refractivity contribution < 1.29 is 4.79 Å². The van der Waals surface area contributed by atoms with Gasteiger partial charge in [-0.15, -0.1) is 0 Å². The third kappa shape index (κ3) is 2.18. The van der Waals surface area contributed by atoms with Gasteiger partial charge in [0.15, 0.2) is 0 Å². The molecule has 7 fully saturated rings. The predicted molar refractivity (Wildman–Crippen MR) is 86.5 cm³/mol. The Hall–Kier alpha value is -0.730. The Balaban J connectivity index is 1.27. The van der Waals surface area contributed by atoms with E-state index in [1.807, 2.05) is 0 Å². The van der Waals surface area contributed by atoms with Gasteiger partial charge in [-0.25, -0.2) is 4.79 Å². The van der Waals surface area contributed by atoms with Crippen molar-refractivity contribution in [3.63, 3.8) is 0 Å². The second-order valence-electron chi connectivity index (χ2n) is 9.54. The summed E-state index contributed by atoms with van der Waals surface area (Å²) in [6.07, 6.45) is 15.7. The molecule has 7 aliphatic rings. The molecule has 0 saturated heterocycles. The molecule has 0 spiro atoms. The van der Waals surface area contributed by atoms with Crippen LogP contribution in [-0.4, -0.2) is 17.1 Å². The Morgan fingerprint density at radius 2 is 1.14 bits per heavy atom. The Morgan fingerprint density at radius 1 is 0.682 bits per heavy atom. The first-order valence-corrected chi connectivity index (χ1v) is 9.72. The monoisotopic (exact) mass is 302 g/mol. The highest BCUT2D eigenvalue weighted by Crippen LogP contribution is 2.55. The largest absolute Gasteiger partial charge is 0.333 e. The van der Waals surface area contributed by atoms with Gasteiger partial charge in [-0.05, 0) is 101 Å². The molecule has 2 amide bonds. The van der Waals surface area contributed by atoms with Crippen molar-refractivity contribution in [1.82, 2.24) is 10.6 Å². The third-order valence-corrected chi connectivity index (χ3v) is 7.89. The number of carbonyl (C=O) groups excluding carboxylic acids is 1. The zero-order chi connectivity index (χ0) is 14.8. The summed E-state index contributed by atoms with van der Waals surface area (Å²) in [5, 5.41) is 6.94. The fourth-order valence-electron chi connectivity index (χ4n) is 7.21. The van der Waals surface area contributed by atoms with Gasteiger partial charge in [-0.3, -0.25) is 0 Å². The van der Waals surface area contributed by atoms with Gasteiger partial charge in [0.25, 0.3) is 0 Å². The summed E-state index contributed by atoms with van der Waals surface area (Å²) in [5.41, 5.74) is 0.294. The number of nitrogens with one attached hydrogen (secondary N) is 2. The first-order valence-electron chi connectivity index (χ1n) is 9.72. The van der Waals surface area contributed by atoms with E-state index >= 15 is 0 Å². The maximum atomic E-state index is 12.8. The molecule has 0 atom stereocenters. The number of amides is 2. The Kier molecular flexibility index (Phi) is 2.89. The quantitative estimate of drug-likeness (QED) is 0.796. The van der Waals surface area contributed by atoms with Crippen LogP contribution >= 0.6 is 0 Å². The summed E-state index contributed by atoms with van der Waals surface area (Å²) in [7, 11) is 0. The van der Waals surface area contributed by atoms with Crippen molar-refractivity contribution in [2.75, 3.05) is 0 Å². The van der Waals surface area contributed by atoms with E-state index in [9.17, 15) is 4.79 Å². The zero-order valence-corrected chi connectivity index (χ0v) is 13.7. The van der Waals surface area contributed by atoms with Crippen LogP contribution in [0.25, 0.3) is 0 Å². The fraction of sp³-hybridized carbons (Fsp3) is 0.947. The van der Waals surface area contributed by atoms with Crippen LogP contribution in [0.5, 0.6) is 0 Å². The molecule has 0 radical (unpaired) electrons. The van der Waals surface area contributed by atoms with E-state index < -0.39 is 0 Å². The summed E-state index contributed by atoms with van der Waals surface area (Å²) in [4.78, 5) is 12.8. The molecule has 0 aliphatic heterocycles. The lowest BCUT2D eigenvalue weighted by Gasteiger charge is -2.57. The second-order valence-corrected chi connectivity index (χ2v) is 9.54. The topological polar surface area (TPSA) is 41.1 Å². The molecular weight excluding hydrogens is 272 g/mol. The average molecular weight is 302 g/mol. The molecule has 3 nitrogen and oxygen atoms in total. The number of urea groups is 1. The van der Waals surface area contributed by atoms with Crippen molar-refractivity contribution in [2.45, 2.75) is 88.1 Å². The minimum atomic E-state index is 0.140. The van der Waals surface area contributed by atoms with Crippen LogP contribution in [0.15, 0.2) is 0 Å². The Labute approximate surface area is 134 Å². The van der Waals surface area contributed by atoms with Crippen LogP contribution in [0.2, 0.25) is 0 Å². The maximum Gasteiger partial charge on any atom is 0.315 e. The van der Waals surface area contributed by atoms with Crippen molar-refractivity contribution in [3.05, 3.63) is 0 Å². The highest BCUT2D eigenvalue weighted by Gasteiger charge is 2.52. The molecule has 122 valence electrons. The van der Waals surface area contributed by atoms with Crippen LogP contribution in [0, 0.1) is 23.7 Å². The Morgan fingerprint density at radius 3 is 1.64 bits per heavy atom. The van der Waals surface area contributed by atoms with Gasteiger partial charge in [-0.1, -0.05) is 0 Å². The summed E-state index contributed by atoms with van der Waals surface area (Å²) in [6.45, 7) is 0. The van der Waals surface area contributed by atoms with Crippen molar-refractivity contribution in [1.29, 1.82) is 0 Å². The molecule has 0 aromatic rings. The number of carbonyl (C=O) groups is 1. The molecule has 0 aromatic carbocycles. The molecule has 0 aromatic heterocycles. The van der Waals surface area contributed by atoms with Crippen LogP contribution in [-0.2, 0) is 0 Å². The van der Waals surface area contributed by atoms with Crippen LogP contribution in [0.3, 0.4) is 0 Å². The first-order chi connectivity index (χ1) is 10.6. The number of hydrogen-bond acceptors (Lipinski definition) is 1. The van der Waals surface area contributed by atoms with Gasteiger partial charge in [0.1, 0.15) is 0 Å². The minimum Gasteiger partial charge on any atom is -0.333 e. The number of hydrogen-bond donors (Lipinski definition) is 2. The molecule has 3 heteroatoms. The smallest absolute Gasteiger partial charge is 0.315 e. The van der Waals surface area contributed by atoms with Gasteiger partial charge >= 0.3 is 6.03 Å². The molecule has 7 rings (SSSR count). The molecule has 0 unspecified atom stereocenters. The normalized spacial score (nSPS) is 51.8. The van der Waals surface area contributed by atoms with Gasteiger partial charge in [0.2, 0.25) is 0 Å². The predicted octanol–water partition coefficient (Wildman–Crippen LogP) is 3.98. The van der Waals surface area contributed by atoms with E-state index in [1.165, 1.54) is 77.0 Å². The molecule has 0 heterocycles. The fourth-order valence-corrected chi connectivity index (χ4v) is 7.21. The lowest BCUT2D eigenvalue weighted by atomic mass is 9.53. The maximum absolute atomic E-state index is 12.8.